The summed E-state index contributed by atoms with van der Waals surface area (Å²) in [7, 11) is 0. The van der Waals surface area contributed by atoms with E-state index in [0.29, 0.717) is 5.02 Å². The van der Waals surface area contributed by atoms with E-state index in [9.17, 15) is 0 Å². The predicted octanol–water partition coefficient (Wildman–Crippen LogP) is 6.01. The van der Waals surface area contributed by atoms with E-state index in [0.717, 1.165) is 28.4 Å². The van der Waals surface area contributed by atoms with Crippen molar-refractivity contribution in [3.63, 3.8) is 0 Å². The first-order chi connectivity index (χ1) is 10.9. The summed E-state index contributed by atoms with van der Waals surface area (Å²) in [6.07, 6.45) is 1.96. The second-order valence-corrected chi connectivity index (χ2v) is 7.03. The normalized spacial score (nSPS) is 12.4. The lowest BCUT2D eigenvalue weighted by Crippen LogP contribution is -2.11. The van der Waals surface area contributed by atoms with Crippen molar-refractivity contribution in [1.82, 2.24) is 9.38 Å². The van der Waals surface area contributed by atoms with E-state index in [1.807, 2.05) is 53.9 Å². The van der Waals surface area contributed by atoms with Crippen LogP contribution >= 0.6 is 11.6 Å². The van der Waals surface area contributed by atoms with Gasteiger partial charge in [0.25, 0.3) is 0 Å². The summed E-state index contributed by atoms with van der Waals surface area (Å²) < 4.78 is 1.97. The zero-order valence-corrected chi connectivity index (χ0v) is 14.5. The summed E-state index contributed by atoms with van der Waals surface area (Å²) in [6.45, 7) is 8.35. The zero-order valence-electron chi connectivity index (χ0n) is 13.7. The summed E-state index contributed by atoms with van der Waals surface area (Å²) in [5, 5.41) is 9.62. The highest BCUT2D eigenvalue weighted by Crippen LogP contribution is 2.33. The van der Waals surface area contributed by atoms with Crippen molar-refractivity contribution in [2.24, 2.45) is 10.2 Å². The number of imidazole rings is 1. The number of pyridine rings is 1. The molecule has 0 saturated carbocycles. The maximum absolute atomic E-state index is 5.99. The highest BCUT2D eigenvalue weighted by Gasteiger charge is 2.24. The van der Waals surface area contributed by atoms with Gasteiger partial charge in [0, 0.05) is 16.6 Å². The van der Waals surface area contributed by atoms with Gasteiger partial charge in [-0.25, -0.2) is 4.98 Å². The highest BCUT2D eigenvalue weighted by atomic mass is 35.5. The molecule has 1 aromatic carbocycles. The molecule has 0 atom stereocenters. The van der Waals surface area contributed by atoms with Gasteiger partial charge in [-0.1, -0.05) is 38.4 Å². The third kappa shape index (κ3) is 3.13. The van der Waals surface area contributed by atoms with Gasteiger partial charge in [0.15, 0.2) is 5.82 Å². The number of rotatable bonds is 2. The summed E-state index contributed by atoms with van der Waals surface area (Å²) >= 11 is 5.99. The average Bonchev–Trinajstić information content (AvgIpc) is 2.85. The molecule has 0 amide bonds. The Morgan fingerprint density at radius 3 is 2.57 bits per heavy atom. The lowest BCUT2D eigenvalue weighted by Gasteiger charge is -2.15. The number of nitrogens with zero attached hydrogens (tertiary/aromatic N) is 4. The Balaban J connectivity index is 2.13. The van der Waals surface area contributed by atoms with Crippen LogP contribution in [0.1, 0.15) is 32.0 Å². The largest absolute Gasteiger partial charge is 0.283 e. The molecule has 118 valence electrons. The van der Waals surface area contributed by atoms with Gasteiger partial charge in [0.2, 0.25) is 0 Å². The minimum atomic E-state index is -0.116. The van der Waals surface area contributed by atoms with Gasteiger partial charge >= 0.3 is 0 Å². The first kappa shape index (κ1) is 15.7. The van der Waals surface area contributed by atoms with Crippen LogP contribution in [-0.4, -0.2) is 9.38 Å². The average molecular weight is 327 g/mol. The van der Waals surface area contributed by atoms with Gasteiger partial charge in [-0.3, -0.25) is 4.40 Å². The molecule has 0 fully saturated rings. The van der Waals surface area contributed by atoms with Crippen LogP contribution in [0.4, 0.5) is 11.5 Å². The number of hydrogen-bond acceptors (Lipinski definition) is 3. The molecule has 3 aromatic rings. The molecule has 0 aliphatic heterocycles. The van der Waals surface area contributed by atoms with Crippen LogP contribution < -0.4 is 0 Å². The molecule has 0 aliphatic rings. The molecule has 2 heterocycles. The number of hydrogen-bond donors (Lipinski definition) is 0. The molecule has 0 saturated heterocycles. The molecule has 0 N–H and O–H groups in total. The number of fused-ring (bicyclic) bond motifs is 1. The molecule has 3 rings (SSSR count). The lowest BCUT2D eigenvalue weighted by atomic mass is 9.92. The van der Waals surface area contributed by atoms with Crippen LogP contribution in [0.5, 0.6) is 0 Å². The van der Waals surface area contributed by atoms with E-state index in [-0.39, 0.29) is 5.41 Å². The third-order valence-electron chi connectivity index (χ3n) is 3.63. The summed E-state index contributed by atoms with van der Waals surface area (Å²) in [5.74, 6) is 0.766. The van der Waals surface area contributed by atoms with Crippen LogP contribution in [-0.2, 0) is 5.41 Å². The topological polar surface area (TPSA) is 42.0 Å². The quantitative estimate of drug-likeness (QED) is 0.532. The molecular weight excluding hydrogens is 308 g/mol. The second kappa shape index (κ2) is 5.78. The van der Waals surface area contributed by atoms with Crippen molar-refractivity contribution < 1.29 is 0 Å². The fourth-order valence-corrected chi connectivity index (χ4v) is 2.64. The van der Waals surface area contributed by atoms with E-state index in [1.165, 1.54) is 0 Å². The summed E-state index contributed by atoms with van der Waals surface area (Å²) in [4.78, 5) is 4.72. The van der Waals surface area contributed by atoms with Crippen LogP contribution in [0.25, 0.3) is 5.65 Å². The maximum Gasteiger partial charge on any atom is 0.183 e. The molecule has 4 nitrogen and oxygen atoms in total. The molecule has 0 aliphatic carbocycles. The summed E-state index contributed by atoms with van der Waals surface area (Å²) in [5.41, 5.74) is 3.49. The first-order valence-corrected chi connectivity index (χ1v) is 7.89. The van der Waals surface area contributed by atoms with Crippen molar-refractivity contribution in [1.29, 1.82) is 0 Å². The number of azo groups is 1. The fourth-order valence-electron chi connectivity index (χ4n) is 2.41. The Hall–Kier alpha value is -2.20. The van der Waals surface area contributed by atoms with Gasteiger partial charge in [0.1, 0.15) is 5.65 Å². The Morgan fingerprint density at radius 2 is 1.87 bits per heavy atom. The molecule has 0 unspecified atom stereocenters. The van der Waals surface area contributed by atoms with Crippen LogP contribution in [0.2, 0.25) is 5.02 Å². The monoisotopic (exact) mass is 326 g/mol. The number of halogens is 1. The van der Waals surface area contributed by atoms with Gasteiger partial charge in [-0.15, -0.1) is 10.2 Å². The predicted molar refractivity (Wildman–Crippen MR) is 94.3 cm³/mol. The maximum atomic E-state index is 5.99. The van der Waals surface area contributed by atoms with E-state index in [4.69, 9.17) is 16.6 Å². The molecule has 0 radical (unpaired) electrons. The molecule has 23 heavy (non-hydrogen) atoms. The second-order valence-electron chi connectivity index (χ2n) is 6.59. The minimum absolute atomic E-state index is 0.116. The highest BCUT2D eigenvalue weighted by molar-refractivity contribution is 6.30. The molecule has 0 spiro atoms. The van der Waals surface area contributed by atoms with Crippen molar-refractivity contribution in [3.8, 4) is 0 Å². The first-order valence-electron chi connectivity index (χ1n) is 7.52. The number of aromatic nitrogens is 2. The van der Waals surface area contributed by atoms with Crippen molar-refractivity contribution in [3.05, 3.63) is 58.9 Å². The third-order valence-corrected chi connectivity index (χ3v) is 3.86. The van der Waals surface area contributed by atoms with Crippen LogP contribution in [0.15, 0.2) is 52.8 Å². The Bertz CT molecular complexity index is 888. The number of benzene rings is 1. The summed E-state index contributed by atoms with van der Waals surface area (Å²) in [6, 6.07) is 11.5. The van der Waals surface area contributed by atoms with Gasteiger partial charge in [-0.05, 0) is 42.8 Å². The molecular formula is C18H19ClN4. The Labute approximate surface area is 140 Å². The van der Waals surface area contributed by atoms with Gasteiger partial charge in [0.05, 0.1) is 11.4 Å². The zero-order chi connectivity index (χ0) is 16.6. The lowest BCUT2D eigenvalue weighted by molar-refractivity contribution is 0.574. The molecule has 2 aromatic heterocycles. The van der Waals surface area contributed by atoms with Crippen molar-refractivity contribution >= 4 is 28.8 Å². The smallest absolute Gasteiger partial charge is 0.183 e. The standard InChI is InChI=1S/C18H19ClN4/c1-12-11-13(19)8-9-14(12)21-22-17-16(18(2,3)4)20-15-7-5-6-10-23(15)17/h5-11H,1-4H3. The van der Waals surface area contributed by atoms with E-state index < -0.39 is 0 Å². The van der Waals surface area contributed by atoms with Crippen molar-refractivity contribution in [2.75, 3.05) is 0 Å². The SMILES string of the molecule is Cc1cc(Cl)ccc1N=Nc1c(C(C)(C)C)nc2ccccn12. The Kier molecular flexibility index (Phi) is 3.94. The fraction of sp³-hybridized carbons (Fsp3) is 0.278. The van der Waals surface area contributed by atoms with Crippen LogP contribution in [0, 0.1) is 6.92 Å². The van der Waals surface area contributed by atoms with E-state index in [2.05, 4.69) is 31.0 Å². The van der Waals surface area contributed by atoms with Crippen molar-refractivity contribution in [2.45, 2.75) is 33.1 Å². The van der Waals surface area contributed by atoms with E-state index >= 15 is 0 Å². The minimum Gasteiger partial charge on any atom is -0.283 e. The number of aryl methyl sites for hydroxylation is 1. The molecule has 0 bridgehead atoms. The van der Waals surface area contributed by atoms with Gasteiger partial charge < -0.3 is 0 Å². The Morgan fingerprint density at radius 1 is 1.09 bits per heavy atom. The van der Waals surface area contributed by atoms with Crippen LogP contribution in [0.3, 0.4) is 0 Å². The van der Waals surface area contributed by atoms with Gasteiger partial charge in [-0.2, -0.15) is 0 Å². The van der Waals surface area contributed by atoms with E-state index in [1.54, 1.807) is 0 Å². The molecule has 5 heteroatoms.